The first kappa shape index (κ1) is 17.4. The van der Waals surface area contributed by atoms with Crippen molar-refractivity contribution in [3.63, 3.8) is 0 Å². The Bertz CT molecular complexity index is 680. The Morgan fingerprint density at radius 1 is 1.20 bits per heavy atom. The van der Waals surface area contributed by atoms with Gasteiger partial charge in [0.25, 0.3) is 5.91 Å². The fourth-order valence-corrected chi connectivity index (χ4v) is 2.55. The third-order valence-electron chi connectivity index (χ3n) is 4.07. The molecule has 0 spiro atoms. The van der Waals surface area contributed by atoms with Gasteiger partial charge in [0, 0.05) is 31.3 Å². The van der Waals surface area contributed by atoms with Gasteiger partial charge in [-0.05, 0) is 25.1 Å². The fraction of sp³-hybridized carbons (Fsp3) is 0.368. The summed E-state index contributed by atoms with van der Waals surface area (Å²) in [6, 6.07) is 11.0. The Morgan fingerprint density at radius 2 is 1.96 bits per heavy atom. The van der Waals surface area contributed by atoms with Crippen molar-refractivity contribution in [2.75, 3.05) is 44.8 Å². The Morgan fingerprint density at radius 3 is 2.64 bits per heavy atom. The molecule has 6 nitrogen and oxygen atoms in total. The van der Waals surface area contributed by atoms with Crippen molar-refractivity contribution >= 4 is 11.6 Å². The number of anilines is 1. The molecule has 0 aliphatic carbocycles. The van der Waals surface area contributed by atoms with Crippen molar-refractivity contribution in [3.8, 4) is 5.88 Å². The average Bonchev–Trinajstić information content (AvgIpc) is 2.64. The van der Waals surface area contributed by atoms with Gasteiger partial charge in [0.2, 0.25) is 5.88 Å². The Kier molecular flexibility index (Phi) is 5.98. The minimum Gasteiger partial charge on any atom is -0.476 e. The third-order valence-corrected chi connectivity index (χ3v) is 4.07. The molecule has 1 saturated heterocycles. The molecule has 1 aliphatic heterocycles. The minimum absolute atomic E-state index is 0.150. The van der Waals surface area contributed by atoms with Gasteiger partial charge < -0.3 is 14.8 Å². The van der Waals surface area contributed by atoms with Crippen LogP contribution in [0.3, 0.4) is 0 Å². The first-order valence-corrected chi connectivity index (χ1v) is 8.48. The van der Waals surface area contributed by atoms with E-state index in [4.69, 9.17) is 9.47 Å². The number of aromatic nitrogens is 1. The maximum atomic E-state index is 12.2. The summed E-state index contributed by atoms with van der Waals surface area (Å²) in [4.78, 5) is 18.7. The maximum Gasteiger partial charge on any atom is 0.255 e. The van der Waals surface area contributed by atoms with E-state index in [2.05, 4.69) is 15.2 Å². The van der Waals surface area contributed by atoms with E-state index in [1.165, 1.54) is 0 Å². The lowest BCUT2D eigenvalue weighted by atomic mass is 10.1. The summed E-state index contributed by atoms with van der Waals surface area (Å²) in [7, 11) is 0. The number of pyridine rings is 1. The van der Waals surface area contributed by atoms with Gasteiger partial charge >= 0.3 is 0 Å². The van der Waals surface area contributed by atoms with Crippen molar-refractivity contribution in [1.82, 2.24) is 9.88 Å². The van der Waals surface area contributed by atoms with Crippen molar-refractivity contribution in [2.45, 2.75) is 6.92 Å². The van der Waals surface area contributed by atoms with E-state index in [0.29, 0.717) is 23.7 Å². The SMILES string of the molecule is Cc1ccc(C(=O)Nc2ccc(OCCN3CCOCC3)nc2)cc1. The normalized spacial score (nSPS) is 14.9. The molecular formula is C19H23N3O3. The number of ether oxygens (including phenoxy) is 2. The summed E-state index contributed by atoms with van der Waals surface area (Å²) in [5, 5.41) is 2.83. The van der Waals surface area contributed by atoms with Gasteiger partial charge in [0.15, 0.2) is 0 Å². The van der Waals surface area contributed by atoms with Crippen LogP contribution in [0.25, 0.3) is 0 Å². The van der Waals surface area contributed by atoms with Gasteiger partial charge in [-0.3, -0.25) is 9.69 Å². The monoisotopic (exact) mass is 341 g/mol. The first-order chi connectivity index (χ1) is 12.2. The molecule has 2 heterocycles. The smallest absolute Gasteiger partial charge is 0.255 e. The number of morpholine rings is 1. The summed E-state index contributed by atoms with van der Waals surface area (Å²) < 4.78 is 11.0. The quantitative estimate of drug-likeness (QED) is 0.874. The standard InChI is InChI=1S/C19H23N3O3/c1-15-2-4-16(5-3-15)19(23)21-17-6-7-18(20-14-17)25-13-10-22-8-11-24-12-9-22/h2-7,14H,8-13H2,1H3,(H,21,23). The van der Waals surface area contributed by atoms with Crippen LogP contribution in [0.2, 0.25) is 0 Å². The van der Waals surface area contributed by atoms with Crippen LogP contribution in [0.4, 0.5) is 5.69 Å². The molecule has 3 rings (SSSR count). The molecule has 25 heavy (non-hydrogen) atoms. The van der Waals surface area contributed by atoms with Crippen LogP contribution in [0.15, 0.2) is 42.6 Å². The third kappa shape index (κ3) is 5.27. The van der Waals surface area contributed by atoms with E-state index in [0.717, 1.165) is 38.4 Å². The summed E-state index contributed by atoms with van der Waals surface area (Å²) >= 11 is 0. The molecule has 1 aliphatic rings. The predicted molar refractivity (Wildman–Crippen MR) is 96.1 cm³/mol. The van der Waals surface area contributed by atoms with Gasteiger partial charge in [0.05, 0.1) is 25.1 Å². The topological polar surface area (TPSA) is 63.7 Å². The van der Waals surface area contributed by atoms with Crippen LogP contribution < -0.4 is 10.1 Å². The van der Waals surface area contributed by atoms with Crippen molar-refractivity contribution in [1.29, 1.82) is 0 Å². The number of hydrogen-bond acceptors (Lipinski definition) is 5. The molecule has 0 atom stereocenters. The molecule has 1 aromatic heterocycles. The number of hydrogen-bond donors (Lipinski definition) is 1. The zero-order valence-electron chi connectivity index (χ0n) is 14.4. The minimum atomic E-state index is -0.150. The molecule has 0 radical (unpaired) electrons. The molecule has 0 unspecified atom stereocenters. The van der Waals surface area contributed by atoms with Crippen LogP contribution in [0.1, 0.15) is 15.9 Å². The van der Waals surface area contributed by atoms with E-state index >= 15 is 0 Å². The van der Waals surface area contributed by atoms with Gasteiger partial charge in [0.1, 0.15) is 6.61 Å². The van der Waals surface area contributed by atoms with Crippen molar-refractivity contribution in [2.24, 2.45) is 0 Å². The van der Waals surface area contributed by atoms with E-state index in [9.17, 15) is 4.79 Å². The average molecular weight is 341 g/mol. The Hall–Kier alpha value is -2.44. The second-order valence-corrected chi connectivity index (χ2v) is 6.01. The summed E-state index contributed by atoms with van der Waals surface area (Å²) in [6.07, 6.45) is 1.61. The Balaban J connectivity index is 1.46. The van der Waals surface area contributed by atoms with Crippen LogP contribution >= 0.6 is 0 Å². The van der Waals surface area contributed by atoms with E-state index in [1.807, 2.05) is 19.1 Å². The van der Waals surface area contributed by atoms with Crippen LogP contribution in [-0.4, -0.2) is 55.2 Å². The molecule has 1 amide bonds. The van der Waals surface area contributed by atoms with E-state index in [-0.39, 0.29) is 5.91 Å². The highest BCUT2D eigenvalue weighted by Crippen LogP contribution is 2.13. The number of carbonyl (C=O) groups is 1. The Labute approximate surface area is 147 Å². The molecule has 6 heteroatoms. The molecule has 1 fully saturated rings. The summed E-state index contributed by atoms with van der Waals surface area (Å²) in [5.74, 6) is 0.407. The number of rotatable bonds is 6. The van der Waals surface area contributed by atoms with Gasteiger partial charge in [-0.15, -0.1) is 0 Å². The second kappa shape index (κ2) is 8.60. The van der Waals surface area contributed by atoms with Crippen molar-refractivity contribution < 1.29 is 14.3 Å². The molecule has 0 bridgehead atoms. The van der Waals surface area contributed by atoms with Crippen LogP contribution in [-0.2, 0) is 4.74 Å². The first-order valence-electron chi connectivity index (χ1n) is 8.48. The molecular weight excluding hydrogens is 318 g/mol. The summed E-state index contributed by atoms with van der Waals surface area (Å²) in [6.45, 7) is 6.89. The number of carbonyl (C=O) groups excluding carboxylic acids is 1. The van der Waals surface area contributed by atoms with Gasteiger partial charge in [-0.25, -0.2) is 4.98 Å². The zero-order valence-corrected chi connectivity index (χ0v) is 14.4. The zero-order chi connectivity index (χ0) is 17.5. The lowest BCUT2D eigenvalue weighted by molar-refractivity contribution is 0.0320. The van der Waals surface area contributed by atoms with Crippen LogP contribution in [0, 0.1) is 6.92 Å². The number of nitrogens with one attached hydrogen (secondary N) is 1. The number of benzene rings is 1. The van der Waals surface area contributed by atoms with Crippen LogP contribution in [0.5, 0.6) is 5.88 Å². The van der Waals surface area contributed by atoms with E-state index < -0.39 is 0 Å². The molecule has 132 valence electrons. The molecule has 1 N–H and O–H groups in total. The fourth-order valence-electron chi connectivity index (χ4n) is 2.55. The van der Waals surface area contributed by atoms with Gasteiger partial charge in [-0.1, -0.05) is 17.7 Å². The highest BCUT2D eigenvalue weighted by molar-refractivity contribution is 6.04. The number of aryl methyl sites for hydroxylation is 1. The lowest BCUT2D eigenvalue weighted by Gasteiger charge is -2.26. The lowest BCUT2D eigenvalue weighted by Crippen LogP contribution is -2.38. The number of amides is 1. The largest absolute Gasteiger partial charge is 0.476 e. The highest BCUT2D eigenvalue weighted by atomic mass is 16.5. The molecule has 2 aromatic rings. The number of nitrogens with zero attached hydrogens (tertiary/aromatic N) is 2. The predicted octanol–water partition coefficient (Wildman–Crippen LogP) is 2.35. The summed E-state index contributed by atoms with van der Waals surface area (Å²) in [5.41, 5.74) is 2.39. The maximum absolute atomic E-state index is 12.2. The molecule has 1 aromatic carbocycles. The second-order valence-electron chi connectivity index (χ2n) is 6.01. The van der Waals surface area contributed by atoms with Crippen molar-refractivity contribution in [3.05, 3.63) is 53.7 Å². The molecule has 0 saturated carbocycles. The van der Waals surface area contributed by atoms with Gasteiger partial charge in [-0.2, -0.15) is 0 Å². The highest BCUT2D eigenvalue weighted by Gasteiger charge is 2.10. The van der Waals surface area contributed by atoms with E-state index in [1.54, 1.807) is 30.5 Å².